The third-order valence-electron chi connectivity index (χ3n) is 0.744. The molecule has 0 amide bonds. The Hall–Kier alpha value is -0.330. The standard InChI is InChI=1S/C5H10N/c1-4-5(2)6-3/h1,4H2,2-3H3/b6-5-. The van der Waals surface area contributed by atoms with Gasteiger partial charge in [0.05, 0.1) is 0 Å². The monoisotopic (exact) mass is 84.1 g/mol. The summed E-state index contributed by atoms with van der Waals surface area (Å²) in [5.74, 6) is 0. The minimum Gasteiger partial charge on any atom is -0.298 e. The minimum atomic E-state index is 0.830. The lowest BCUT2D eigenvalue weighted by atomic mass is 10.3. The molecule has 0 atom stereocenters. The van der Waals surface area contributed by atoms with Crippen molar-refractivity contribution in [3.8, 4) is 0 Å². The van der Waals surface area contributed by atoms with Gasteiger partial charge in [-0.25, -0.2) is 0 Å². The van der Waals surface area contributed by atoms with Crippen LogP contribution in [0.15, 0.2) is 4.99 Å². The smallest absolute Gasteiger partial charge is 0.0276 e. The second kappa shape index (κ2) is 2.88. The van der Waals surface area contributed by atoms with E-state index in [0.717, 1.165) is 12.1 Å². The van der Waals surface area contributed by atoms with Crippen molar-refractivity contribution in [3.05, 3.63) is 6.92 Å². The van der Waals surface area contributed by atoms with E-state index in [4.69, 9.17) is 0 Å². The van der Waals surface area contributed by atoms with Gasteiger partial charge in [-0.2, -0.15) is 0 Å². The predicted molar refractivity (Wildman–Crippen MR) is 29.0 cm³/mol. The molecule has 0 spiro atoms. The van der Waals surface area contributed by atoms with Gasteiger partial charge >= 0.3 is 0 Å². The van der Waals surface area contributed by atoms with E-state index in [9.17, 15) is 0 Å². The largest absolute Gasteiger partial charge is 0.298 e. The molecule has 0 rings (SSSR count). The molecular formula is C5H10N. The first-order chi connectivity index (χ1) is 2.81. The van der Waals surface area contributed by atoms with Crippen LogP contribution in [0.3, 0.4) is 0 Å². The SMILES string of the molecule is [CH2]C/C(C)=N\C. The van der Waals surface area contributed by atoms with Crippen molar-refractivity contribution in [2.75, 3.05) is 7.05 Å². The lowest BCUT2D eigenvalue weighted by Crippen LogP contribution is -1.83. The fourth-order valence-corrected chi connectivity index (χ4v) is 0.112. The zero-order chi connectivity index (χ0) is 4.99. The molecule has 0 unspecified atom stereocenters. The third-order valence-corrected chi connectivity index (χ3v) is 0.744. The summed E-state index contributed by atoms with van der Waals surface area (Å²) >= 11 is 0. The highest BCUT2D eigenvalue weighted by atomic mass is 14.7. The Bertz CT molecular complexity index is 55.0. The number of nitrogens with zero attached hydrogens (tertiary/aromatic N) is 1. The topological polar surface area (TPSA) is 12.4 Å². The molecule has 35 valence electrons. The number of hydrogen-bond acceptors (Lipinski definition) is 1. The van der Waals surface area contributed by atoms with Crippen LogP contribution in [0.2, 0.25) is 0 Å². The first-order valence-corrected chi connectivity index (χ1v) is 2.02. The Kier molecular flexibility index (Phi) is 2.73. The van der Waals surface area contributed by atoms with E-state index < -0.39 is 0 Å². The molecule has 0 aromatic carbocycles. The molecule has 0 bridgehead atoms. The number of rotatable bonds is 1. The molecule has 1 radical (unpaired) electrons. The molecule has 6 heavy (non-hydrogen) atoms. The van der Waals surface area contributed by atoms with Crippen molar-refractivity contribution in [2.24, 2.45) is 4.99 Å². The van der Waals surface area contributed by atoms with Gasteiger partial charge in [-0.05, 0) is 20.3 Å². The van der Waals surface area contributed by atoms with Crippen molar-refractivity contribution in [3.63, 3.8) is 0 Å². The van der Waals surface area contributed by atoms with Crippen LogP contribution >= 0.6 is 0 Å². The Balaban J connectivity index is 3.22. The summed E-state index contributed by atoms with van der Waals surface area (Å²) in [7, 11) is 1.78. The molecule has 0 aromatic heterocycles. The van der Waals surface area contributed by atoms with Gasteiger partial charge in [0, 0.05) is 12.8 Å². The average Bonchev–Trinajstić information content (AvgIpc) is 1.65. The Labute approximate surface area is 39.1 Å². The Morgan fingerprint density at radius 1 is 1.83 bits per heavy atom. The molecule has 0 aromatic rings. The highest BCUT2D eigenvalue weighted by molar-refractivity contribution is 5.82. The fraction of sp³-hybridized carbons (Fsp3) is 0.600. The summed E-state index contributed by atoms with van der Waals surface area (Å²) in [6, 6.07) is 0. The van der Waals surface area contributed by atoms with Crippen molar-refractivity contribution in [1.29, 1.82) is 0 Å². The van der Waals surface area contributed by atoms with Crippen LogP contribution in [-0.4, -0.2) is 12.8 Å². The molecule has 0 saturated carbocycles. The average molecular weight is 84.1 g/mol. The Morgan fingerprint density at radius 2 is 2.33 bits per heavy atom. The maximum absolute atomic E-state index is 3.86. The van der Waals surface area contributed by atoms with Crippen molar-refractivity contribution in [1.82, 2.24) is 0 Å². The van der Waals surface area contributed by atoms with Gasteiger partial charge in [-0.1, -0.05) is 0 Å². The first kappa shape index (κ1) is 5.67. The van der Waals surface area contributed by atoms with Crippen LogP contribution in [0.5, 0.6) is 0 Å². The molecule has 1 heteroatoms. The number of hydrogen-bond donors (Lipinski definition) is 0. The lowest BCUT2D eigenvalue weighted by Gasteiger charge is -1.83. The third kappa shape index (κ3) is 1.94. The second-order valence-corrected chi connectivity index (χ2v) is 1.21. The van der Waals surface area contributed by atoms with Crippen molar-refractivity contribution < 1.29 is 0 Å². The molecule has 0 aliphatic carbocycles. The molecule has 1 nitrogen and oxygen atoms in total. The fourth-order valence-electron chi connectivity index (χ4n) is 0.112. The van der Waals surface area contributed by atoms with Crippen LogP contribution in [0, 0.1) is 6.92 Å². The summed E-state index contributed by atoms with van der Waals surface area (Å²) in [5.41, 5.74) is 1.11. The highest BCUT2D eigenvalue weighted by Gasteiger charge is 1.75. The van der Waals surface area contributed by atoms with Gasteiger partial charge in [0.1, 0.15) is 0 Å². The second-order valence-electron chi connectivity index (χ2n) is 1.21. The molecule has 0 fully saturated rings. The molecular weight excluding hydrogens is 74.1 g/mol. The van der Waals surface area contributed by atoms with Gasteiger partial charge in [0.25, 0.3) is 0 Å². The van der Waals surface area contributed by atoms with Crippen LogP contribution in [-0.2, 0) is 0 Å². The van der Waals surface area contributed by atoms with Crippen LogP contribution < -0.4 is 0 Å². The van der Waals surface area contributed by atoms with E-state index in [-0.39, 0.29) is 0 Å². The molecule has 0 aliphatic rings. The van der Waals surface area contributed by atoms with E-state index in [2.05, 4.69) is 11.9 Å². The minimum absolute atomic E-state index is 0.830. The first-order valence-electron chi connectivity index (χ1n) is 2.02. The summed E-state index contributed by atoms with van der Waals surface area (Å²) < 4.78 is 0. The van der Waals surface area contributed by atoms with E-state index in [1.165, 1.54) is 0 Å². The maximum atomic E-state index is 3.86. The van der Waals surface area contributed by atoms with Crippen LogP contribution in [0.25, 0.3) is 0 Å². The Morgan fingerprint density at radius 3 is 2.33 bits per heavy atom. The van der Waals surface area contributed by atoms with E-state index in [1.807, 2.05) is 6.92 Å². The van der Waals surface area contributed by atoms with E-state index in [1.54, 1.807) is 7.05 Å². The van der Waals surface area contributed by atoms with Gasteiger partial charge in [0.15, 0.2) is 0 Å². The summed E-state index contributed by atoms with van der Waals surface area (Å²) in [6.07, 6.45) is 0.830. The lowest BCUT2D eigenvalue weighted by molar-refractivity contribution is 1.33. The van der Waals surface area contributed by atoms with E-state index >= 15 is 0 Å². The van der Waals surface area contributed by atoms with Gasteiger partial charge < -0.3 is 0 Å². The molecule has 0 aliphatic heterocycles. The zero-order valence-corrected chi connectivity index (χ0v) is 4.36. The quantitative estimate of drug-likeness (QED) is 0.425. The zero-order valence-electron chi connectivity index (χ0n) is 4.36. The van der Waals surface area contributed by atoms with Crippen LogP contribution in [0.4, 0.5) is 0 Å². The summed E-state index contributed by atoms with van der Waals surface area (Å²) in [4.78, 5) is 3.86. The highest BCUT2D eigenvalue weighted by Crippen LogP contribution is 1.77. The number of aliphatic imine (C=N–C) groups is 1. The molecule has 0 saturated heterocycles. The van der Waals surface area contributed by atoms with Crippen LogP contribution in [0.1, 0.15) is 13.3 Å². The van der Waals surface area contributed by atoms with Crippen molar-refractivity contribution in [2.45, 2.75) is 13.3 Å². The van der Waals surface area contributed by atoms with Gasteiger partial charge in [-0.15, -0.1) is 0 Å². The molecule has 0 heterocycles. The van der Waals surface area contributed by atoms with Gasteiger partial charge in [-0.3, -0.25) is 4.99 Å². The summed E-state index contributed by atoms with van der Waals surface area (Å²) in [5, 5.41) is 0. The predicted octanol–water partition coefficient (Wildman–Crippen LogP) is 1.30. The van der Waals surface area contributed by atoms with Gasteiger partial charge in [0.2, 0.25) is 0 Å². The van der Waals surface area contributed by atoms with E-state index in [0.29, 0.717) is 0 Å². The normalized spacial score (nSPS) is 12.2. The van der Waals surface area contributed by atoms with Crippen molar-refractivity contribution >= 4 is 5.71 Å². The molecule has 0 N–H and O–H groups in total. The maximum Gasteiger partial charge on any atom is 0.0276 e. The summed E-state index contributed by atoms with van der Waals surface area (Å²) in [6.45, 7) is 5.59.